The monoisotopic (exact) mass is 286 g/mol. The SMILES string of the molecule is Cc1nc(-c2ccc(NC(=O)C3CCOCC3)cc2)co1. The van der Waals surface area contributed by atoms with Crippen LogP contribution in [0.4, 0.5) is 5.69 Å². The fourth-order valence-electron chi connectivity index (χ4n) is 2.42. The Morgan fingerprint density at radius 3 is 2.57 bits per heavy atom. The third-order valence-corrected chi connectivity index (χ3v) is 3.66. The molecule has 1 aliphatic rings. The highest BCUT2D eigenvalue weighted by Gasteiger charge is 2.21. The zero-order valence-electron chi connectivity index (χ0n) is 12.0. The van der Waals surface area contributed by atoms with Crippen molar-refractivity contribution in [2.24, 2.45) is 5.92 Å². The molecule has 0 bridgehead atoms. The highest BCUT2D eigenvalue weighted by atomic mass is 16.5. The van der Waals surface area contributed by atoms with Crippen molar-refractivity contribution >= 4 is 11.6 Å². The van der Waals surface area contributed by atoms with Gasteiger partial charge in [0.05, 0.1) is 0 Å². The molecule has 2 aromatic rings. The van der Waals surface area contributed by atoms with Crippen molar-refractivity contribution in [3.63, 3.8) is 0 Å². The van der Waals surface area contributed by atoms with Crippen molar-refractivity contribution in [1.29, 1.82) is 0 Å². The maximum Gasteiger partial charge on any atom is 0.227 e. The molecule has 0 unspecified atom stereocenters. The van der Waals surface area contributed by atoms with Gasteiger partial charge in [-0.15, -0.1) is 0 Å². The lowest BCUT2D eigenvalue weighted by molar-refractivity contribution is -0.122. The Balaban J connectivity index is 1.65. The van der Waals surface area contributed by atoms with E-state index in [0.717, 1.165) is 29.8 Å². The summed E-state index contributed by atoms with van der Waals surface area (Å²) < 4.78 is 10.5. The summed E-state index contributed by atoms with van der Waals surface area (Å²) in [6.45, 7) is 3.15. The maximum absolute atomic E-state index is 12.1. The van der Waals surface area contributed by atoms with Gasteiger partial charge in [-0.05, 0) is 25.0 Å². The normalized spacial score (nSPS) is 15.9. The second-order valence-corrected chi connectivity index (χ2v) is 5.21. The van der Waals surface area contributed by atoms with E-state index in [-0.39, 0.29) is 11.8 Å². The van der Waals surface area contributed by atoms with Gasteiger partial charge in [-0.3, -0.25) is 4.79 Å². The largest absolute Gasteiger partial charge is 0.449 e. The predicted molar refractivity (Wildman–Crippen MR) is 78.8 cm³/mol. The molecular weight excluding hydrogens is 268 g/mol. The minimum Gasteiger partial charge on any atom is -0.449 e. The van der Waals surface area contributed by atoms with Gasteiger partial charge in [0.1, 0.15) is 12.0 Å². The van der Waals surface area contributed by atoms with Gasteiger partial charge in [0.15, 0.2) is 5.89 Å². The van der Waals surface area contributed by atoms with Crippen LogP contribution in [0.25, 0.3) is 11.3 Å². The number of carbonyl (C=O) groups excluding carboxylic acids is 1. The number of nitrogens with one attached hydrogen (secondary N) is 1. The van der Waals surface area contributed by atoms with Crippen molar-refractivity contribution in [3.05, 3.63) is 36.4 Å². The Hall–Kier alpha value is -2.14. The molecule has 1 N–H and O–H groups in total. The molecule has 0 spiro atoms. The Morgan fingerprint density at radius 1 is 1.24 bits per heavy atom. The molecule has 0 radical (unpaired) electrons. The number of hydrogen-bond donors (Lipinski definition) is 1. The summed E-state index contributed by atoms with van der Waals surface area (Å²) in [6, 6.07) is 7.63. The summed E-state index contributed by atoms with van der Waals surface area (Å²) >= 11 is 0. The maximum atomic E-state index is 12.1. The second-order valence-electron chi connectivity index (χ2n) is 5.21. The van der Waals surface area contributed by atoms with Gasteiger partial charge in [0.25, 0.3) is 0 Å². The molecule has 0 saturated carbocycles. The summed E-state index contributed by atoms with van der Waals surface area (Å²) in [5, 5.41) is 2.96. The molecule has 0 atom stereocenters. The fourth-order valence-corrected chi connectivity index (χ4v) is 2.42. The second kappa shape index (κ2) is 6.10. The molecule has 5 nitrogen and oxygen atoms in total. The van der Waals surface area contributed by atoms with Crippen molar-refractivity contribution in [1.82, 2.24) is 4.98 Å². The van der Waals surface area contributed by atoms with Gasteiger partial charge >= 0.3 is 0 Å². The third kappa shape index (κ3) is 3.31. The van der Waals surface area contributed by atoms with Crippen LogP contribution in [0, 0.1) is 12.8 Å². The summed E-state index contributed by atoms with van der Waals surface area (Å²) in [7, 11) is 0. The van der Waals surface area contributed by atoms with E-state index >= 15 is 0 Å². The van der Waals surface area contributed by atoms with Gasteiger partial charge in [-0.25, -0.2) is 4.98 Å². The minimum absolute atomic E-state index is 0.0524. The Labute approximate surface area is 123 Å². The fraction of sp³-hybridized carbons (Fsp3) is 0.375. The van der Waals surface area contributed by atoms with Gasteiger partial charge in [0.2, 0.25) is 5.91 Å². The number of aryl methyl sites for hydroxylation is 1. The van der Waals surface area contributed by atoms with E-state index in [1.807, 2.05) is 31.2 Å². The van der Waals surface area contributed by atoms with E-state index in [1.165, 1.54) is 0 Å². The van der Waals surface area contributed by atoms with E-state index in [0.29, 0.717) is 19.1 Å². The Bertz CT molecular complexity index is 613. The lowest BCUT2D eigenvalue weighted by Crippen LogP contribution is -2.28. The number of anilines is 1. The number of amides is 1. The average Bonchev–Trinajstić information content (AvgIpc) is 2.95. The molecule has 1 fully saturated rings. The molecule has 110 valence electrons. The number of nitrogens with zero attached hydrogens (tertiary/aromatic N) is 1. The smallest absolute Gasteiger partial charge is 0.227 e. The number of benzene rings is 1. The number of hydrogen-bond acceptors (Lipinski definition) is 4. The first-order valence-electron chi connectivity index (χ1n) is 7.13. The van der Waals surface area contributed by atoms with E-state index in [4.69, 9.17) is 9.15 Å². The average molecular weight is 286 g/mol. The predicted octanol–water partition coefficient (Wildman–Crippen LogP) is 3.02. The summed E-state index contributed by atoms with van der Waals surface area (Å²) in [6.07, 6.45) is 3.22. The van der Waals surface area contributed by atoms with Crippen LogP contribution in [0.2, 0.25) is 0 Å². The van der Waals surface area contributed by atoms with E-state index < -0.39 is 0 Å². The molecule has 0 aliphatic carbocycles. The van der Waals surface area contributed by atoms with Crippen LogP contribution in [0.3, 0.4) is 0 Å². The molecule has 1 amide bonds. The molecule has 1 aliphatic heterocycles. The van der Waals surface area contributed by atoms with Crippen LogP contribution in [0.1, 0.15) is 18.7 Å². The molecule has 21 heavy (non-hydrogen) atoms. The van der Waals surface area contributed by atoms with Crippen LogP contribution in [-0.4, -0.2) is 24.1 Å². The molecule has 3 rings (SSSR count). The lowest BCUT2D eigenvalue weighted by atomic mass is 9.99. The molecule has 1 aromatic heterocycles. The molecule has 2 heterocycles. The summed E-state index contributed by atoms with van der Waals surface area (Å²) in [5.41, 5.74) is 2.57. The van der Waals surface area contributed by atoms with Crippen molar-refractivity contribution in [2.75, 3.05) is 18.5 Å². The lowest BCUT2D eigenvalue weighted by Gasteiger charge is -2.21. The topological polar surface area (TPSA) is 64.4 Å². The molecule has 1 aromatic carbocycles. The van der Waals surface area contributed by atoms with Crippen LogP contribution < -0.4 is 5.32 Å². The van der Waals surface area contributed by atoms with Gasteiger partial charge < -0.3 is 14.5 Å². The van der Waals surface area contributed by atoms with Crippen LogP contribution in [0.15, 0.2) is 34.9 Å². The Kier molecular flexibility index (Phi) is 4.01. The van der Waals surface area contributed by atoms with Crippen LogP contribution >= 0.6 is 0 Å². The zero-order valence-corrected chi connectivity index (χ0v) is 12.0. The first-order valence-corrected chi connectivity index (χ1v) is 7.13. The van der Waals surface area contributed by atoms with E-state index in [1.54, 1.807) is 6.26 Å². The number of ether oxygens (including phenoxy) is 1. The molecule has 1 saturated heterocycles. The summed E-state index contributed by atoms with van der Waals surface area (Å²) in [4.78, 5) is 16.4. The van der Waals surface area contributed by atoms with Gasteiger partial charge in [-0.2, -0.15) is 0 Å². The van der Waals surface area contributed by atoms with E-state index in [2.05, 4.69) is 10.3 Å². The van der Waals surface area contributed by atoms with E-state index in [9.17, 15) is 4.79 Å². The first-order chi connectivity index (χ1) is 10.2. The number of carbonyl (C=O) groups is 1. The standard InChI is InChI=1S/C16H18N2O3/c1-11-17-15(10-21-11)12-2-4-14(5-3-12)18-16(19)13-6-8-20-9-7-13/h2-5,10,13H,6-9H2,1H3,(H,18,19). The highest BCUT2D eigenvalue weighted by molar-refractivity contribution is 5.92. The molecular formula is C16H18N2O3. The quantitative estimate of drug-likeness (QED) is 0.942. The first kappa shape index (κ1) is 13.8. The minimum atomic E-state index is 0.0524. The number of oxazole rings is 1. The van der Waals surface area contributed by atoms with Crippen molar-refractivity contribution in [3.8, 4) is 11.3 Å². The highest BCUT2D eigenvalue weighted by Crippen LogP contribution is 2.22. The van der Waals surface area contributed by atoms with Gasteiger partial charge in [0, 0.05) is 37.3 Å². The van der Waals surface area contributed by atoms with Crippen LogP contribution in [0.5, 0.6) is 0 Å². The van der Waals surface area contributed by atoms with Crippen molar-refractivity contribution < 1.29 is 13.9 Å². The molecule has 5 heteroatoms. The van der Waals surface area contributed by atoms with Gasteiger partial charge in [-0.1, -0.05) is 12.1 Å². The van der Waals surface area contributed by atoms with Crippen LogP contribution in [-0.2, 0) is 9.53 Å². The number of rotatable bonds is 3. The third-order valence-electron chi connectivity index (χ3n) is 3.66. The Morgan fingerprint density at radius 2 is 1.95 bits per heavy atom. The number of aromatic nitrogens is 1. The zero-order chi connectivity index (χ0) is 14.7. The van der Waals surface area contributed by atoms with Crippen molar-refractivity contribution in [2.45, 2.75) is 19.8 Å². The summed E-state index contributed by atoms with van der Waals surface area (Å²) in [5.74, 6) is 0.766.